The molecule has 1 amide bonds. The SMILES string of the molecule is CC1=C(C(=O)Nc2ccc(F)cc2)[C@@H](c2ccc(O)cc2)n2c(nc3ccccc32)N1. The van der Waals surface area contributed by atoms with Crippen LogP contribution in [0, 0.1) is 5.82 Å². The second kappa shape index (κ2) is 7.28. The number of halogens is 1. The largest absolute Gasteiger partial charge is 0.508 e. The minimum absolute atomic E-state index is 0.145. The number of phenols is 1. The highest BCUT2D eigenvalue weighted by Gasteiger charge is 2.34. The zero-order valence-corrected chi connectivity index (χ0v) is 16.6. The maximum Gasteiger partial charge on any atom is 0.255 e. The van der Waals surface area contributed by atoms with Crippen molar-refractivity contribution in [3.05, 3.63) is 95.4 Å². The van der Waals surface area contributed by atoms with Crippen molar-refractivity contribution in [3.8, 4) is 5.75 Å². The number of carbonyl (C=O) groups excluding carboxylic acids is 1. The van der Waals surface area contributed by atoms with Crippen LogP contribution < -0.4 is 10.6 Å². The average molecular weight is 414 g/mol. The van der Waals surface area contributed by atoms with Gasteiger partial charge in [-0.1, -0.05) is 24.3 Å². The van der Waals surface area contributed by atoms with E-state index < -0.39 is 6.04 Å². The van der Waals surface area contributed by atoms with Crippen molar-refractivity contribution < 1.29 is 14.3 Å². The summed E-state index contributed by atoms with van der Waals surface area (Å²) in [7, 11) is 0. The molecule has 0 spiro atoms. The predicted molar refractivity (Wildman–Crippen MR) is 117 cm³/mol. The number of imidazole rings is 1. The number of anilines is 2. The number of carbonyl (C=O) groups is 1. The van der Waals surface area contributed by atoms with Gasteiger partial charge in [0.1, 0.15) is 11.6 Å². The molecule has 0 fully saturated rings. The number of rotatable bonds is 3. The Bertz CT molecular complexity index is 1320. The van der Waals surface area contributed by atoms with E-state index >= 15 is 0 Å². The number of phenolic OH excluding ortho intramolecular Hbond substituents is 1. The van der Waals surface area contributed by atoms with E-state index in [1.165, 1.54) is 24.3 Å². The van der Waals surface area contributed by atoms with Crippen LogP contribution in [-0.4, -0.2) is 20.6 Å². The molecule has 31 heavy (non-hydrogen) atoms. The highest BCUT2D eigenvalue weighted by Crippen LogP contribution is 2.39. The lowest BCUT2D eigenvalue weighted by molar-refractivity contribution is -0.113. The quantitative estimate of drug-likeness (QED) is 0.450. The van der Waals surface area contributed by atoms with Gasteiger partial charge in [0, 0.05) is 11.4 Å². The summed E-state index contributed by atoms with van der Waals surface area (Å²) in [5.74, 6) is 0.101. The summed E-state index contributed by atoms with van der Waals surface area (Å²) in [5.41, 5.74) is 4.18. The van der Waals surface area contributed by atoms with Gasteiger partial charge in [0.2, 0.25) is 5.95 Å². The Morgan fingerprint density at radius 2 is 1.77 bits per heavy atom. The third-order valence-electron chi connectivity index (χ3n) is 5.39. The number of benzene rings is 3. The first-order valence-corrected chi connectivity index (χ1v) is 9.82. The van der Waals surface area contributed by atoms with Crippen molar-refractivity contribution in [2.24, 2.45) is 0 Å². The molecule has 0 aliphatic carbocycles. The van der Waals surface area contributed by atoms with Gasteiger partial charge < -0.3 is 15.7 Å². The fourth-order valence-corrected chi connectivity index (χ4v) is 3.96. The van der Waals surface area contributed by atoms with Crippen LogP contribution in [0.1, 0.15) is 18.5 Å². The van der Waals surface area contributed by atoms with Crippen molar-refractivity contribution in [1.29, 1.82) is 0 Å². The zero-order valence-electron chi connectivity index (χ0n) is 16.6. The number of amides is 1. The third-order valence-corrected chi connectivity index (χ3v) is 5.39. The number of fused-ring (bicyclic) bond motifs is 3. The van der Waals surface area contributed by atoms with Gasteiger partial charge >= 0.3 is 0 Å². The highest BCUT2D eigenvalue weighted by molar-refractivity contribution is 6.06. The molecule has 4 aromatic rings. The van der Waals surface area contributed by atoms with Crippen LogP contribution >= 0.6 is 0 Å². The van der Waals surface area contributed by atoms with Crippen molar-refractivity contribution >= 4 is 28.6 Å². The first-order valence-electron chi connectivity index (χ1n) is 9.82. The third kappa shape index (κ3) is 3.30. The number of nitrogens with zero attached hydrogens (tertiary/aromatic N) is 2. The molecule has 1 aliphatic heterocycles. The van der Waals surface area contributed by atoms with Gasteiger partial charge in [-0.25, -0.2) is 9.37 Å². The number of nitrogens with one attached hydrogen (secondary N) is 2. The molecule has 1 aliphatic rings. The summed E-state index contributed by atoms with van der Waals surface area (Å²) in [6.45, 7) is 1.83. The van der Waals surface area contributed by atoms with Gasteiger partial charge in [-0.15, -0.1) is 0 Å². The molecule has 5 rings (SSSR count). The first-order chi connectivity index (χ1) is 15.0. The summed E-state index contributed by atoms with van der Waals surface area (Å²) in [6.07, 6.45) is 0. The minimum atomic E-state index is -0.468. The van der Waals surface area contributed by atoms with E-state index in [4.69, 9.17) is 0 Å². The Labute approximate surface area is 177 Å². The van der Waals surface area contributed by atoms with E-state index in [0.29, 0.717) is 22.9 Å². The van der Waals surface area contributed by atoms with E-state index in [2.05, 4.69) is 15.6 Å². The van der Waals surface area contributed by atoms with Crippen LogP contribution in [0.15, 0.2) is 84.1 Å². The molecule has 3 aromatic carbocycles. The zero-order chi connectivity index (χ0) is 21.5. The van der Waals surface area contributed by atoms with Gasteiger partial charge in [-0.3, -0.25) is 9.36 Å². The van der Waals surface area contributed by atoms with E-state index in [-0.39, 0.29) is 17.5 Å². The predicted octanol–water partition coefficient (Wildman–Crippen LogP) is 4.81. The smallest absolute Gasteiger partial charge is 0.255 e. The van der Waals surface area contributed by atoms with Crippen LogP contribution in [0.2, 0.25) is 0 Å². The Kier molecular flexibility index (Phi) is 4.43. The lowest BCUT2D eigenvalue weighted by Crippen LogP contribution is -2.30. The summed E-state index contributed by atoms with van der Waals surface area (Å²) in [4.78, 5) is 18.1. The molecule has 3 N–H and O–H groups in total. The highest BCUT2D eigenvalue weighted by atomic mass is 19.1. The minimum Gasteiger partial charge on any atom is -0.508 e. The lowest BCUT2D eigenvalue weighted by Gasteiger charge is -2.30. The van der Waals surface area contributed by atoms with Crippen LogP contribution in [0.25, 0.3) is 11.0 Å². The summed E-state index contributed by atoms with van der Waals surface area (Å²) in [6, 6.07) is 19.7. The lowest BCUT2D eigenvalue weighted by atomic mass is 9.94. The fourth-order valence-electron chi connectivity index (χ4n) is 3.96. The topological polar surface area (TPSA) is 79.2 Å². The van der Waals surface area contributed by atoms with Gasteiger partial charge in [0.15, 0.2) is 0 Å². The van der Waals surface area contributed by atoms with Crippen LogP contribution in [-0.2, 0) is 4.79 Å². The van der Waals surface area contributed by atoms with Crippen molar-refractivity contribution in [2.45, 2.75) is 13.0 Å². The van der Waals surface area contributed by atoms with Gasteiger partial charge in [0.05, 0.1) is 22.6 Å². The molecule has 0 radical (unpaired) electrons. The number of aromatic nitrogens is 2. The number of aromatic hydroxyl groups is 1. The first kappa shape index (κ1) is 18.9. The normalized spacial score (nSPS) is 15.5. The Morgan fingerprint density at radius 3 is 2.52 bits per heavy atom. The van der Waals surface area contributed by atoms with Crippen LogP contribution in [0.5, 0.6) is 5.75 Å². The fraction of sp³-hybridized carbons (Fsp3) is 0.0833. The second-order valence-corrected chi connectivity index (χ2v) is 7.41. The summed E-state index contributed by atoms with van der Waals surface area (Å²) < 4.78 is 15.3. The molecule has 0 bridgehead atoms. The van der Waals surface area contributed by atoms with Gasteiger partial charge in [-0.05, 0) is 61.0 Å². The molecule has 0 unspecified atom stereocenters. The second-order valence-electron chi connectivity index (χ2n) is 7.41. The molecular weight excluding hydrogens is 395 g/mol. The Hall–Kier alpha value is -4.13. The summed E-state index contributed by atoms with van der Waals surface area (Å²) >= 11 is 0. The van der Waals surface area contributed by atoms with Crippen molar-refractivity contribution in [2.75, 3.05) is 10.6 Å². The molecule has 1 aromatic heterocycles. The van der Waals surface area contributed by atoms with E-state index in [1.807, 2.05) is 35.8 Å². The van der Waals surface area contributed by atoms with E-state index in [0.717, 1.165) is 16.6 Å². The number of para-hydroxylation sites is 2. The number of hydrogen-bond acceptors (Lipinski definition) is 4. The number of hydrogen-bond donors (Lipinski definition) is 3. The Balaban J connectivity index is 1.65. The van der Waals surface area contributed by atoms with Gasteiger partial charge in [-0.2, -0.15) is 0 Å². The molecule has 2 heterocycles. The van der Waals surface area contributed by atoms with Crippen LogP contribution in [0.3, 0.4) is 0 Å². The van der Waals surface area contributed by atoms with Crippen molar-refractivity contribution in [3.63, 3.8) is 0 Å². The van der Waals surface area contributed by atoms with Gasteiger partial charge in [0.25, 0.3) is 5.91 Å². The standard InChI is InChI=1S/C24H19FN4O2/c1-14-21(23(31)27-17-10-8-16(25)9-11-17)22(15-6-12-18(30)13-7-15)29-20-5-3-2-4-19(20)28-24(29)26-14/h2-13,22,30H,1H3,(H,26,28)(H,27,31)/t22-/m1/s1. The van der Waals surface area contributed by atoms with Crippen LogP contribution in [0.4, 0.5) is 16.0 Å². The molecule has 1 atom stereocenters. The molecule has 7 heteroatoms. The molecule has 0 saturated carbocycles. The molecule has 0 saturated heterocycles. The molecule has 6 nitrogen and oxygen atoms in total. The van der Waals surface area contributed by atoms with Crippen molar-refractivity contribution in [1.82, 2.24) is 9.55 Å². The maximum atomic E-state index is 13.4. The number of allylic oxidation sites excluding steroid dienone is 1. The molecule has 154 valence electrons. The average Bonchev–Trinajstić information content (AvgIpc) is 3.13. The summed E-state index contributed by atoms with van der Waals surface area (Å²) in [5, 5.41) is 15.9. The molecular formula is C24H19FN4O2. The van der Waals surface area contributed by atoms with E-state index in [9.17, 15) is 14.3 Å². The Morgan fingerprint density at radius 1 is 1.06 bits per heavy atom. The monoisotopic (exact) mass is 414 g/mol. The maximum absolute atomic E-state index is 13.4. The van der Waals surface area contributed by atoms with E-state index in [1.54, 1.807) is 24.3 Å².